The number of nitrogens with zero attached hydrogens (tertiary/aromatic N) is 1. The molecule has 0 aromatic rings. The molecule has 1 atom stereocenters. The van der Waals surface area contributed by atoms with E-state index in [1.165, 1.54) is 20.0 Å². The third-order valence-corrected chi connectivity index (χ3v) is 4.24. The van der Waals surface area contributed by atoms with Gasteiger partial charge in [-0.25, -0.2) is 0 Å². The van der Waals surface area contributed by atoms with Gasteiger partial charge in [0, 0.05) is 12.1 Å². The van der Waals surface area contributed by atoms with Crippen LogP contribution in [-0.2, 0) is 9.53 Å². The van der Waals surface area contributed by atoms with Gasteiger partial charge in [-0.1, -0.05) is 6.92 Å². The van der Waals surface area contributed by atoms with E-state index in [9.17, 15) is 4.79 Å². The van der Waals surface area contributed by atoms with Gasteiger partial charge in [0.25, 0.3) is 0 Å². The largest absolute Gasteiger partial charge is 0.468 e. The summed E-state index contributed by atoms with van der Waals surface area (Å²) in [6.45, 7) is 10.8. The minimum atomic E-state index is -0.509. The highest BCUT2D eigenvalue weighted by Crippen LogP contribution is 2.26. The fourth-order valence-electron chi connectivity index (χ4n) is 2.71. The molecule has 118 valence electrons. The van der Waals surface area contributed by atoms with E-state index in [0.29, 0.717) is 12.1 Å². The van der Waals surface area contributed by atoms with Crippen LogP contribution in [0.3, 0.4) is 0 Å². The van der Waals surface area contributed by atoms with Crippen LogP contribution < -0.4 is 5.32 Å². The molecule has 0 saturated heterocycles. The molecule has 1 saturated carbocycles. The molecule has 1 N–H and O–H groups in total. The summed E-state index contributed by atoms with van der Waals surface area (Å²) < 4.78 is 4.97. The average Bonchev–Trinajstić information content (AvgIpc) is 3.21. The highest BCUT2D eigenvalue weighted by atomic mass is 16.5. The molecular formula is C16H32N2O2. The van der Waals surface area contributed by atoms with E-state index in [-0.39, 0.29) is 5.97 Å². The Bertz CT molecular complexity index is 303. The highest BCUT2D eigenvalue weighted by Gasteiger charge is 2.38. The third-order valence-electron chi connectivity index (χ3n) is 4.24. The molecule has 1 fully saturated rings. The lowest BCUT2D eigenvalue weighted by Crippen LogP contribution is -2.51. The number of esters is 1. The van der Waals surface area contributed by atoms with Crippen LogP contribution in [-0.4, -0.2) is 48.7 Å². The second-order valence-electron chi connectivity index (χ2n) is 6.42. The Morgan fingerprint density at radius 3 is 2.50 bits per heavy atom. The predicted octanol–water partition coefficient (Wildman–Crippen LogP) is 2.57. The number of methoxy groups -OCH3 is 1. The first kappa shape index (κ1) is 17.4. The lowest BCUT2D eigenvalue weighted by Gasteiger charge is -2.29. The van der Waals surface area contributed by atoms with Crippen LogP contribution in [0.4, 0.5) is 0 Å². The molecular weight excluding hydrogens is 252 g/mol. The van der Waals surface area contributed by atoms with E-state index in [0.717, 1.165) is 32.4 Å². The van der Waals surface area contributed by atoms with Crippen LogP contribution in [0.15, 0.2) is 0 Å². The molecule has 1 rings (SSSR count). The van der Waals surface area contributed by atoms with Crippen molar-refractivity contribution < 1.29 is 9.53 Å². The Kier molecular flexibility index (Phi) is 6.96. The summed E-state index contributed by atoms with van der Waals surface area (Å²) >= 11 is 0. The van der Waals surface area contributed by atoms with Crippen molar-refractivity contribution in [3.05, 3.63) is 0 Å². The molecule has 1 unspecified atom stereocenters. The van der Waals surface area contributed by atoms with Gasteiger partial charge >= 0.3 is 5.97 Å². The molecule has 0 aromatic carbocycles. The smallest absolute Gasteiger partial charge is 0.325 e. The summed E-state index contributed by atoms with van der Waals surface area (Å²) in [5.74, 6) is -0.124. The number of unbranched alkanes of at least 4 members (excludes halogenated alkanes) is 1. The van der Waals surface area contributed by atoms with Crippen molar-refractivity contribution in [3.63, 3.8) is 0 Å². The Labute approximate surface area is 124 Å². The highest BCUT2D eigenvalue weighted by molar-refractivity contribution is 5.80. The van der Waals surface area contributed by atoms with E-state index in [1.807, 2.05) is 6.92 Å². The maximum absolute atomic E-state index is 12.0. The fraction of sp³-hybridized carbons (Fsp3) is 0.938. The Balaban J connectivity index is 2.36. The minimum absolute atomic E-state index is 0.124. The molecule has 0 spiro atoms. The summed E-state index contributed by atoms with van der Waals surface area (Å²) in [4.78, 5) is 14.5. The lowest BCUT2D eigenvalue weighted by atomic mass is 9.94. The standard InChI is InChI=1S/C16H32N2O2/c1-6-18(13(2)3)12-8-7-11-16(4,15(19)20-5)17-14-9-10-14/h13-14,17H,6-12H2,1-5H3. The number of hydrogen-bond donors (Lipinski definition) is 1. The first-order valence-corrected chi connectivity index (χ1v) is 8.03. The zero-order chi connectivity index (χ0) is 15.2. The molecule has 0 bridgehead atoms. The van der Waals surface area contributed by atoms with Crippen molar-refractivity contribution >= 4 is 5.97 Å². The van der Waals surface area contributed by atoms with Crippen molar-refractivity contribution in [3.8, 4) is 0 Å². The zero-order valence-corrected chi connectivity index (χ0v) is 13.9. The second-order valence-corrected chi connectivity index (χ2v) is 6.42. The van der Waals surface area contributed by atoms with E-state index < -0.39 is 5.54 Å². The summed E-state index contributed by atoms with van der Waals surface area (Å²) in [7, 11) is 1.48. The SMILES string of the molecule is CCN(CCCCC(C)(NC1CC1)C(=O)OC)C(C)C. The quantitative estimate of drug-likeness (QED) is 0.494. The van der Waals surface area contributed by atoms with Gasteiger partial charge in [0.15, 0.2) is 0 Å². The van der Waals surface area contributed by atoms with Crippen molar-refractivity contribution in [1.82, 2.24) is 10.2 Å². The maximum atomic E-state index is 12.0. The van der Waals surface area contributed by atoms with E-state index in [4.69, 9.17) is 4.74 Å². The summed E-state index contributed by atoms with van der Waals surface area (Å²) in [5.41, 5.74) is -0.509. The van der Waals surface area contributed by atoms with Crippen LogP contribution in [0.2, 0.25) is 0 Å². The van der Waals surface area contributed by atoms with Crippen LogP contribution in [0, 0.1) is 0 Å². The fourth-order valence-corrected chi connectivity index (χ4v) is 2.71. The number of carbonyl (C=O) groups is 1. The molecule has 4 heteroatoms. The molecule has 0 aromatic heterocycles. The molecule has 0 amide bonds. The molecule has 1 aliphatic rings. The van der Waals surface area contributed by atoms with E-state index in [1.54, 1.807) is 0 Å². The molecule has 0 aliphatic heterocycles. The summed E-state index contributed by atoms with van der Waals surface area (Å²) in [6.07, 6.45) is 5.40. The van der Waals surface area contributed by atoms with Crippen LogP contribution >= 0.6 is 0 Å². The van der Waals surface area contributed by atoms with Gasteiger partial charge in [-0.15, -0.1) is 0 Å². The Hall–Kier alpha value is -0.610. The van der Waals surface area contributed by atoms with Crippen LogP contribution in [0.5, 0.6) is 0 Å². The van der Waals surface area contributed by atoms with Crippen molar-refractivity contribution in [2.45, 2.75) is 77.4 Å². The van der Waals surface area contributed by atoms with Gasteiger partial charge in [-0.05, 0) is 66.0 Å². The number of carbonyl (C=O) groups excluding carboxylic acids is 1. The number of ether oxygens (including phenoxy) is 1. The van der Waals surface area contributed by atoms with Crippen molar-refractivity contribution in [2.24, 2.45) is 0 Å². The first-order chi connectivity index (χ1) is 9.42. The number of rotatable bonds is 10. The minimum Gasteiger partial charge on any atom is -0.468 e. The topological polar surface area (TPSA) is 41.6 Å². The van der Waals surface area contributed by atoms with Crippen molar-refractivity contribution in [2.75, 3.05) is 20.2 Å². The van der Waals surface area contributed by atoms with E-state index >= 15 is 0 Å². The van der Waals surface area contributed by atoms with Gasteiger partial charge < -0.3 is 9.64 Å². The van der Waals surface area contributed by atoms with Crippen molar-refractivity contribution in [1.29, 1.82) is 0 Å². The normalized spacial score (nSPS) is 18.4. The molecule has 20 heavy (non-hydrogen) atoms. The lowest BCUT2D eigenvalue weighted by molar-refractivity contribution is -0.148. The van der Waals surface area contributed by atoms with E-state index in [2.05, 4.69) is 31.0 Å². The Morgan fingerprint density at radius 2 is 2.05 bits per heavy atom. The maximum Gasteiger partial charge on any atom is 0.325 e. The van der Waals surface area contributed by atoms with Crippen LogP contribution in [0.1, 0.15) is 59.8 Å². The number of hydrogen-bond acceptors (Lipinski definition) is 4. The van der Waals surface area contributed by atoms with Gasteiger partial charge in [0.05, 0.1) is 7.11 Å². The second kappa shape index (κ2) is 7.99. The number of nitrogens with one attached hydrogen (secondary N) is 1. The summed E-state index contributed by atoms with van der Waals surface area (Å²) in [6, 6.07) is 1.11. The van der Waals surface area contributed by atoms with Crippen LogP contribution in [0.25, 0.3) is 0 Å². The average molecular weight is 284 g/mol. The van der Waals surface area contributed by atoms with Gasteiger partial charge in [-0.2, -0.15) is 0 Å². The molecule has 0 radical (unpaired) electrons. The third kappa shape index (κ3) is 5.41. The summed E-state index contributed by atoms with van der Waals surface area (Å²) in [5, 5.41) is 3.45. The van der Waals surface area contributed by atoms with Gasteiger partial charge in [0.2, 0.25) is 0 Å². The van der Waals surface area contributed by atoms with Gasteiger partial charge in [-0.3, -0.25) is 10.1 Å². The first-order valence-electron chi connectivity index (χ1n) is 8.03. The molecule has 4 nitrogen and oxygen atoms in total. The monoisotopic (exact) mass is 284 g/mol. The zero-order valence-electron chi connectivity index (χ0n) is 13.9. The predicted molar refractivity (Wildman–Crippen MR) is 82.8 cm³/mol. The Morgan fingerprint density at radius 1 is 1.40 bits per heavy atom. The molecule has 1 aliphatic carbocycles. The van der Waals surface area contributed by atoms with Gasteiger partial charge in [0.1, 0.15) is 5.54 Å². The molecule has 0 heterocycles.